The van der Waals surface area contributed by atoms with E-state index in [1.807, 2.05) is 0 Å². The highest BCUT2D eigenvalue weighted by Crippen LogP contribution is 2.35. The monoisotopic (exact) mass is 294 g/mol. The van der Waals surface area contributed by atoms with Gasteiger partial charge in [0.2, 0.25) is 0 Å². The van der Waals surface area contributed by atoms with Crippen LogP contribution in [0.15, 0.2) is 18.3 Å². The lowest BCUT2D eigenvalue weighted by molar-refractivity contribution is -0.385. The Balaban J connectivity index is 2.64. The summed E-state index contributed by atoms with van der Waals surface area (Å²) in [5.41, 5.74) is 6.56. The number of hydrogen-bond donors (Lipinski definition) is 1. The van der Waals surface area contributed by atoms with Crippen molar-refractivity contribution in [1.82, 2.24) is 9.78 Å². The first-order chi connectivity index (χ1) is 9.99. The molecule has 21 heavy (non-hydrogen) atoms. The number of nitro groups is 1. The number of halogens is 1. The fourth-order valence-corrected chi connectivity index (χ4v) is 2.18. The second-order valence-electron chi connectivity index (χ2n) is 4.43. The number of nitrogens with zero attached hydrogens (tertiary/aromatic N) is 3. The maximum absolute atomic E-state index is 14.2. The summed E-state index contributed by atoms with van der Waals surface area (Å²) in [6.07, 6.45) is 1.96. The summed E-state index contributed by atoms with van der Waals surface area (Å²) in [6, 6.07) is 2.16. The third-order valence-electron chi connectivity index (χ3n) is 3.20. The molecular formula is C13H15FN4O3. The summed E-state index contributed by atoms with van der Waals surface area (Å²) < 4.78 is 20.6. The molecule has 2 aromatic rings. The SMILES string of the molecule is COc1cc(F)c(-c2cnn(C)c2CCN)cc1[N+](=O)[O-]. The number of methoxy groups -OCH3 is 1. The second-order valence-corrected chi connectivity index (χ2v) is 4.43. The zero-order valence-corrected chi connectivity index (χ0v) is 11.7. The zero-order valence-electron chi connectivity index (χ0n) is 11.7. The van der Waals surface area contributed by atoms with E-state index >= 15 is 0 Å². The Kier molecular flexibility index (Phi) is 4.18. The van der Waals surface area contributed by atoms with Crippen molar-refractivity contribution >= 4 is 5.69 Å². The number of nitrogens with two attached hydrogens (primary N) is 1. The van der Waals surface area contributed by atoms with Crippen molar-refractivity contribution in [2.24, 2.45) is 12.8 Å². The van der Waals surface area contributed by atoms with Gasteiger partial charge < -0.3 is 10.5 Å². The number of benzene rings is 1. The molecule has 7 nitrogen and oxygen atoms in total. The number of ether oxygens (including phenoxy) is 1. The minimum atomic E-state index is -0.610. The first-order valence-corrected chi connectivity index (χ1v) is 6.22. The standard InChI is InChI=1S/C13H15FN4O3/c1-17-11(3-4-15)9(7-16-17)8-5-12(18(19)20)13(21-2)6-10(8)14/h5-7H,3-4,15H2,1-2H3. The van der Waals surface area contributed by atoms with Gasteiger partial charge in [0, 0.05) is 42.4 Å². The minimum absolute atomic E-state index is 0.110. The van der Waals surface area contributed by atoms with Crippen molar-refractivity contribution in [3.8, 4) is 16.9 Å². The van der Waals surface area contributed by atoms with Crippen molar-refractivity contribution in [3.05, 3.63) is 40.0 Å². The summed E-state index contributed by atoms with van der Waals surface area (Å²) in [4.78, 5) is 10.4. The zero-order chi connectivity index (χ0) is 15.6. The van der Waals surface area contributed by atoms with Crippen LogP contribution >= 0.6 is 0 Å². The Hall–Kier alpha value is -2.48. The van der Waals surface area contributed by atoms with Gasteiger partial charge in [0.25, 0.3) is 0 Å². The van der Waals surface area contributed by atoms with Gasteiger partial charge in [-0.15, -0.1) is 0 Å². The first-order valence-electron chi connectivity index (χ1n) is 6.22. The van der Waals surface area contributed by atoms with Crippen LogP contribution in [0.5, 0.6) is 5.75 Å². The van der Waals surface area contributed by atoms with E-state index in [2.05, 4.69) is 5.10 Å². The van der Waals surface area contributed by atoms with Crippen LogP contribution in [0.2, 0.25) is 0 Å². The molecular weight excluding hydrogens is 279 g/mol. The van der Waals surface area contributed by atoms with E-state index in [9.17, 15) is 14.5 Å². The van der Waals surface area contributed by atoms with Gasteiger partial charge in [-0.1, -0.05) is 0 Å². The molecule has 0 atom stereocenters. The predicted molar refractivity (Wildman–Crippen MR) is 74.6 cm³/mol. The van der Waals surface area contributed by atoms with Gasteiger partial charge in [0.1, 0.15) is 5.82 Å². The van der Waals surface area contributed by atoms with Gasteiger partial charge in [-0.3, -0.25) is 14.8 Å². The molecule has 0 fully saturated rings. The average molecular weight is 294 g/mol. The molecule has 0 bridgehead atoms. The van der Waals surface area contributed by atoms with Gasteiger partial charge in [0.15, 0.2) is 5.75 Å². The molecule has 0 aliphatic carbocycles. The van der Waals surface area contributed by atoms with Crippen LogP contribution in [0, 0.1) is 15.9 Å². The van der Waals surface area contributed by atoms with Crippen molar-refractivity contribution in [2.45, 2.75) is 6.42 Å². The van der Waals surface area contributed by atoms with Gasteiger partial charge in [-0.05, 0) is 6.54 Å². The van der Waals surface area contributed by atoms with E-state index < -0.39 is 10.7 Å². The van der Waals surface area contributed by atoms with Gasteiger partial charge in [-0.2, -0.15) is 5.10 Å². The average Bonchev–Trinajstić information content (AvgIpc) is 2.80. The molecule has 112 valence electrons. The van der Waals surface area contributed by atoms with Crippen LogP contribution in [0.4, 0.5) is 10.1 Å². The molecule has 0 radical (unpaired) electrons. The normalized spacial score (nSPS) is 10.7. The Labute approximate surface area is 120 Å². The Morgan fingerprint density at radius 2 is 2.19 bits per heavy atom. The molecule has 0 saturated heterocycles. The summed E-state index contributed by atoms with van der Waals surface area (Å²) in [6.45, 7) is 0.367. The predicted octanol–water partition coefficient (Wildman–Crippen LogP) is 1.64. The fourth-order valence-electron chi connectivity index (χ4n) is 2.18. The molecule has 1 aromatic heterocycles. The smallest absolute Gasteiger partial charge is 0.311 e. The Morgan fingerprint density at radius 3 is 2.76 bits per heavy atom. The summed E-state index contributed by atoms with van der Waals surface area (Å²) in [5.74, 6) is -0.728. The van der Waals surface area contributed by atoms with Crippen LogP contribution in [-0.2, 0) is 13.5 Å². The summed E-state index contributed by atoms with van der Waals surface area (Å²) in [7, 11) is 2.97. The molecule has 0 aliphatic rings. The third kappa shape index (κ3) is 2.70. The van der Waals surface area contributed by atoms with Crippen LogP contribution in [0.1, 0.15) is 5.69 Å². The second kappa shape index (κ2) is 5.88. The molecule has 8 heteroatoms. The lowest BCUT2D eigenvalue weighted by Gasteiger charge is -2.08. The van der Waals surface area contributed by atoms with E-state index in [1.54, 1.807) is 11.7 Å². The molecule has 0 amide bonds. The molecule has 2 N–H and O–H groups in total. The van der Waals surface area contributed by atoms with E-state index in [0.29, 0.717) is 18.5 Å². The van der Waals surface area contributed by atoms with Crippen LogP contribution < -0.4 is 10.5 Å². The number of aromatic nitrogens is 2. The first kappa shape index (κ1) is 14.9. The molecule has 0 unspecified atom stereocenters. The van der Waals surface area contributed by atoms with Crippen LogP contribution in [0.3, 0.4) is 0 Å². The van der Waals surface area contributed by atoms with Crippen molar-refractivity contribution in [3.63, 3.8) is 0 Å². The molecule has 0 aliphatic heterocycles. The Morgan fingerprint density at radius 1 is 1.48 bits per heavy atom. The lowest BCUT2D eigenvalue weighted by atomic mass is 10.0. The highest BCUT2D eigenvalue weighted by atomic mass is 19.1. The van der Waals surface area contributed by atoms with E-state index in [-0.39, 0.29) is 17.0 Å². The third-order valence-corrected chi connectivity index (χ3v) is 3.20. The number of aryl methyl sites for hydroxylation is 1. The lowest BCUT2D eigenvalue weighted by Crippen LogP contribution is -2.08. The minimum Gasteiger partial charge on any atom is -0.490 e. The highest BCUT2D eigenvalue weighted by Gasteiger charge is 2.22. The summed E-state index contributed by atoms with van der Waals surface area (Å²) >= 11 is 0. The Bertz CT molecular complexity index is 684. The quantitative estimate of drug-likeness (QED) is 0.668. The highest BCUT2D eigenvalue weighted by molar-refractivity contribution is 5.71. The molecule has 1 heterocycles. The molecule has 0 spiro atoms. The summed E-state index contributed by atoms with van der Waals surface area (Å²) in [5, 5.41) is 15.1. The van der Waals surface area contributed by atoms with Gasteiger partial charge in [-0.25, -0.2) is 4.39 Å². The largest absolute Gasteiger partial charge is 0.490 e. The van der Waals surface area contributed by atoms with Crippen LogP contribution in [-0.4, -0.2) is 28.4 Å². The number of rotatable bonds is 5. The molecule has 1 aromatic carbocycles. The van der Waals surface area contributed by atoms with Gasteiger partial charge in [0.05, 0.1) is 18.2 Å². The van der Waals surface area contributed by atoms with Crippen LogP contribution in [0.25, 0.3) is 11.1 Å². The van der Waals surface area contributed by atoms with E-state index in [1.165, 1.54) is 13.3 Å². The maximum atomic E-state index is 14.2. The van der Waals surface area contributed by atoms with Crippen molar-refractivity contribution in [2.75, 3.05) is 13.7 Å². The maximum Gasteiger partial charge on any atom is 0.311 e. The molecule has 2 rings (SSSR count). The van der Waals surface area contributed by atoms with E-state index in [0.717, 1.165) is 17.8 Å². The van der Waals surface area contributed by atoms with Crippen molar-refractivity contribution < 1.29 is 14.1 Å². The number of nitro benzene ring substituents is 1. The fraction of sp³-hybridized carbons (Fsp3) is 0.308. The van der Waals surface area contributed by atoms with E-state index in [4.69, 9.17) is 10.5 Å². The number of hydrogen-bond acceptors (Lipinski definition) is 5. The topological polar surface area (TPSA) is 96.2 Å². The van der Waals surface area contributed by atoms with Crippen molar-refractivity contribution in [1.29, 1.82) is 0 Å². The van der Waals surface area contributed by atoms with Gasteiger partial charge >= 0.3 is 5.69 Å². The molecule has 0 saturated carbocycles.